The molecule has 0 N–H and O–H groups in total. The summed E-state index contributed by atoms with van der Waals surface area (Å²) in [6.07, 6.45) is 0. The SMILES string of the molecule is ClCC(Br)(Br)Br. The molecular formula is C2H2Br3Cl. The van der Waals surface area contributed by atoms with Gasteiger partial charge in [0, 0.05) is 0 Å². The smallest absolute Gasteiger partial charge is 0.123 e. The third kappa shape index (κ3) is 5.73. The Kier molecular flexibility index (Phi) is 3.74. The Bertz CT molecular complexity index is 38.5. The molecule has 6 heavy (non-hydrogen) atoms. The second kappa shape index (κ2) is 2.90. The maximum absolute atomic E-state index is 5.34. The van der Waals surface area contributed by atoms with Crippen LogP contribution in [-0.4, -0.2) is 8.02 Å². The predicted molar refractivity (Wildman–Crippen MR) is 40.2 cm³/mol. The van der Waals surface area contributed by atoms with Gasteiger partial charge in [0.1, 0.15) is 2.14 Å². The summed E-state index contributed by atoms with van der Waals surface area (Å²) in [5.41, 5.74) is 0. The maximum Gasteiger partial charge on any atom is 0.148 e. The van der Waals surface area contributed by atoms with Crippen LogP contribution in [0.25, 0.3) is 0 Å². The molecule has 0 aliphatic rings. The first-order valence-corrected chi connectivity index (χ1v) is 4.10. The van der Waals surface area contributed by atoms with Gasteiger partial charge in [-0.3, -0.25) is 0 Å². The summed E-state index contributed by atoms with van der Waals surface area (Å²) in [6, 6.07) is 0. The second-order valence-electron chi connectivity index (χ2n) is 0.749. The van der Waals surface area contributed by atoms with Crippen LogP contribution < -0.4 is 0 Å². The molecule has 0 aromatic rings. The predicted octanol–water partition coefficient (Wildman–Crippen LogP) is 3.06. The van der Waals surface area contributed by atoms with Gasteiger partial charge in [-0.15, -0.1) is 11.6 Å². The van der Waals surface area contributed by atoms with Crippen LogP contribution in [0.2, 0.25) is 0 Å². The van der Waals surface area contributed by atoms with Crippen molar-refractivity contribution in [3.63, 3.8) is 0 Å². The summed E-state index contributed by atoms with van der Waals surface area (Å²) >= 11 is 14.9. The van der Waals surface area contributed by atoms with Gasteiger partial charge in [-0.25, -0.2) is 0 Å². The van der Waals surface area contributed by atoms with Crippen molar-refractivity contribution in [1.29, 1.82) is 0 Å². The highest BCUT2D eigenvalue weighted by atomic mass is 80.0. The van der Waals surface area contributed by atoms with Crippen LogP contribution in [0.15, 0.2) is 0 Å². The molecule has 0 nitrogen and oxygen atoms in total. The average molecular weight is 301 g/mol. The van der Waals surface area contributed by atoms with Gasteiger partial charge >= 0.3 is 0 Å². The summed E-state index contributed by atoms with van der Waals surface area (Å²) in [6.45, 7) is 0. The molecule has 0 aliphatic heterocycles. The highest BCUT2D eigenvalue weighted by molar-refractivity contribution is 9.39. The Morgan fingerprint density at radius 1 is 1.33 bits per heavy atom. The first-order chi connectivity index (χ1) is 2.56. The Balaban J connectivity index is 3.17. The zero-order valence-corrected chi connectivity index (χ0v) is 8.23. The first-order valence-electron chi connectivity index (χ1n) is 1.19. The van der Waals surface area contributed by atoms with Crippen LogP contribution in [0, 0.1) is 0 Å². The summed E-state index contributed by atoms with van der Waals surface area (Å²) < 4.78 is -0.255. The van der Waals surface area contributed by atoms with Crippen LogP contribution in [0.5, 0.6) is 0 Å². The standard InChI is InChI=1S/C2H2Br3Cl/c3-2(4,5)1-6/h1H2. The summed E-state index contributed by atoms with van der Waals surface area (Å²) in [4.78, 5) is 0. The lowest BCUT2D eigenvalue weighted by atomic mass is 11.0. The molecule has 0 aromatic carbocycles. The summed E-state index contributed by atoms with van der Waals surface area (Å²) in [7, 11) is 0. The van der Waals surface area contributed by atoms with Gasteiger partial charge in [-0.2, -0.15) is 0 Å². The Morgan fingerprint density at radius 3 is 1.50 bits per heavy atom. The lowest BCUT2D eigenvalue weighted by Gasteiger charge is -2.02. The number of hydrogen-bond acceptors (Lipinski definition) is 0. The van der Waals surface area contributed by atoms with E-state index < -0.39 is 0 Å². The van der Waals surface area contributed by atoms with Crippen LogP contribution in [-0.2, 0) is 0 Å². The molecular weight excluding hydrogens is 299 g/mol. The van der Waals surface area contributed by atoms with Crippen molar-refractivity contribution >= 4 is 59.4 Å². The molecule has 0 spiro atoms. The van der Waals surface area contributed by atoms with E-state index in [1.54, 1.807) is 0 Å². The van der Waals surface area contributed by atoms with Crippen molar-refractivity contribution in [2.45, 2.75) is 2.14 Å². The van der Waals surface area contributed by atoms with E-state index >= 15 is 0 Å². The van der Waals surface area contributed by atoms with Crippen LogP contribution >= 0.6 is 59.4 Å². The minimum absolute atomic E-state index is 0.255. The van der Waals surface area contributed by atoms with E-state index in [-0.39, 0.29) is 2.14 Å². The average Bonchev–Trinajstić information content (AvgIpc) is 1.35. The van der Waals surface area contributed by atoms with Crippen molar-refractivity contribution in [3.8, 4) is 0 Å². The minimum atomic E-state index is -0.255. The molecule has 0 aliphatic carbocycles. The number of rotatable bonds is 0. The lowest BCUT2D eigenvalue weighted by Crippen LogP contribution is -1.98. The number of halogens is 4. The number of alkyl halides is 4. The monoisotopic (exact) mass is 298 g/mol. The van der Waals surface area contributed by atoms with Crippen molar-refractivity contribution in [1.82, 2.24) is 0 Å². The highest BCUT2D eigenvalue weighted by Gasteiger charge is 2.13. The normalized spacial score (nSPS) is 12.0. The van der Waals surface area contributed by atoms with Crippen molar-refractivity contribution in [2.75, 3.05) is 5.88 Å². The van der Waals surface area contributed by atoms with E-state index in [4.69, 9.17) is 11.6 Å². The molecule has 0 saturated heterocycles. The second-order valence-corrected chi connectivity index (χ2v) is 8.27. The minimum Gasteiger partial charge on any atom is -0.123 e. The maximum atomic E-state index is 5.34. The number of hydrogen-bond donors (Lipinski definition) is 0. The molecule has 0 amide bonds. The van der Waals surface area contributed by atoms with Crippen molar-refractivity contribution < 1.29 is 0 Å². The zero-order chi connectivity index (χ0) is 5.21. The lowest BCUT2D eigenvalue weighted by molar-refractivity contribution is 1.42. The summed E-state index contributed by atoms with van der Waals surface area (Å²) in [5.74, 6) is 0.493. The highest BCUT2D eigenvalue weighted by Crippen LogP contribution is 2.33. The molecule has 0 heterocycles. The third-order valence-electron chi connectivity index (χ3n) is 0.152. The molecule has 0 aromatic heterocycles. The van der Waals surface area contributed by atoms with Gasteiger partial charge < -0.3 is 0 Å². The third-order valence-corrected chi connectivity index (χ3v) is 2.36. The van der Waals surface area contributed by atoms with E-state index in [2.05, 4.69) is 47.8 Å². The summed E-state index contributed by atoms with van der Waals surface area (Å²) in [5, 5.41) is 0. The Morgan fingerprint density at radius 2 is 1.50 bits per heavy atom. The molecule has 0 saturated carbocycles. The zero-order valence-electron chi connectivity index (χ0n) is 2.72. The Hall–Kier alpha value is 1.73. The quantitative estimate of drug-likeness (QED) is 0.603. The van der Waals surface area contributed by atoms with E-state index in [1.165, 1.54) is 0 Å². The van der Waals surface area contributed by atoms with Crippen molar-refractivity contribution in [3.05, 3.63) is 0 Å². The fraction of sp³-hybridized carbons (Fsp3) is 1.00. The van der Waals surface area contributed by atoms with Gasteiger partial charge in [0.2, 0.25) is 0 Å². The fourth-order valence-electron chi connectivity index (χ4n) is 0. The first kappa shape index (κ1) is 7.73. The molecule has 0 atom stereocenters. The largest absolute Gasteiger partial charge is 0.148 e. The van der Waals surface area contributed by atoms with Gasteiger partial charge in [-0.05, 0) is 0 Å². The van der Waals surface area contributed by atoms with E-state index in [9.17, 15) is 0 Å². The van der Waals surface area contributed by atoms with Gasteiger partial charge in [0.15, 0.2) is 0 Å². The molecule has 0 rings (SSSR count). The van der Waals surface area contributed by atoms with E-state index in [1.807, 2.05) is 0 Å². The van der Waals surface area contributed by atoms with Crippen LogP contribution in [0.4, 0.5) is 0 Å². The molecule has 0 unspecified atom stereocenters. The molecule has 0 fully saturated rings. The molecule has 38 valence electrons. The molecule has 0 bridgehead atoms. The topological polar surface area (TPSA) is 0 Å². The van der Waals surface area contributed by atoms with Gasteiger partial charge in [0.25, 0.3) is 0 Å². The molecule has 4 heteroatoms. The van der Waals surface area contributed by atoms with Crippen molar-refractivity contribution in [2.24, 2.45) is 0 Å². The van der Waals surface area contributed by atoms with E-state index in [0.29, 0.717) is 5.88 Å². The van der Waals surface area contributed by atoms with Crippen LogP contribution in [0.3, 0.4) is 0 Å². The molecule has 0 radical (unpaired) electrons. The van der Waals surface area contributed by atoms with Gasteiger partial charge in [0.05, 0.1) is 5.88 Å². The Labute approximate surface area is 67.0 Å². The fourth-order valence-corrected chi connectivity index (χ4v) is 0. The van der Waals surface area contributed by atoms with E-state index in [0.717, 1.165) is 0 Å². The van der Waals surface area contributed by atoms with Gasteiger partial charge in [-0.1, -0.05) is 47.8 Å². The van der Waals surface area contributed by atoms with Crippen LogP contribution in [0.1, 0.15) is 0 Å².